The number of hydrogen-bond donors (Lipinski definition) is 0. The normalized spacial score (nSPS) is 29.6. The van der Waals surface area contributed by atoms with Gasteiger partial charge in [-0.3, -0.25) is 28.1 Å². The molecule has 4 atom stereocenters. The van der Waals surface area contributed by atoms with Crippen molar-refractivity contribution < 1.29 is 46.4 Å². The smallest absolute Gasteiger partial charge is 0.462 e. The molecule has 12 heteroatoms. The highest BCUT2D eigenvalue weighted by Crippen LogP contribution is 2.56. The number of carbonyl (C=O) groups is 3. The van der Waals surface area contributed by atoms with E-state index in [4.69, 9.17) is 23.0 Å². The highest BCUT2D eigenvalue weighted by molar-refractivity contribution is 7.48. The van der Waals surface area contributed by atoms with Crippen molar-refractivity contribution in [2.45, 2.75) is 51.2 Å². The number of phosphoric acid groups is 1. The quantitative estimate of drug-likeness (QED) is 0.328. The molecular formula is C21H23FNO9P. The van der Waals surface area contributed by atoms with Crippen LogP contribution in [0.4, 0.5) is 4.39 Å². The summed E-state index contributed by atoms with van der Waals surface area (Å²) < 4.78 is 53.8. The number of nitrogens with zero attached hydrogens (tertiary/aromatic N) is 1. The van der Waals surface area contributed by atoms with E-state index in [1.54, 1.807) is 24.3 Å². The van der Waals surface area contributed by atoms with Crippen LogP contribution in [0.15, 0.2) is 36.3 Å². The van der Waals surface area contributed by atoms with E-state index >= 15 is 0 Å². The van der Waals surface area contributed by atoms with Gasteiger partial charge in [-0.05, 0) is 18.1 Å². The lowest BCUT2D eigenvalue weighted by molar-refractivity contribution is -0.146. The molecule has 0 N–H and O–H groups in total. The van der Waals surface area contributed by atoms with Crippen LogP contribution in [-0.4, -0.2) is 54.2 Å². The Kier molecular flexibility index (Phi) is 7.06. The van der Waals surface area contributed by atoms with Crippen molar-refractivity contribution in [2.75, 3.05) is 13.2 Å². The van der Waals surface area contributed by atoms with Crippen LogP contribution >= 0.6 is 7.82 Å². The molecule has 0 radical (unpaired) electrons. The first-order valence-corrected chi connectivity index (χ1v) is 12.0. The number of hydrogen-bond acceptors (Lipinski definition) is 9. The van der Waals surface area contributed by atoms with Crippen molar-refractivity contribution in [3.63, 3.8) is 0 Å². The second-order valence-corrected chi connectivity index (χ2v) is 9.32. The Morgan fingerprint density at radius 3 is 2.85 bits per heavy atom. The zero-order chi connectivity index (χ0) is 23.6. The molecule has 3 aliphatic heterocycles. The van der Waals surface area contributed by atoms with Gasteiger partial charge in [-0.1, -0.05) is 25.1 Å². The van der Waals surface area contributed by atoms with Gasteiger partial charge in [-0.15, -0.1) is 0 Å². The second kappa shape index (κ2) is 9.82. The van der Waals surface area contributed by atoms with Gasteiger partial charge in [-0.2, -0.15) is 0 Å². The van der Waals surface area contributed by atoms with Crippen molar-refractivity contribution in [1.82, 2.24) is 4.90 Å². The number of allylic oxidation sites excluding steroid dienone is 1. The van der Waals surface area contributed by atoms with Gasteiger partial charge in [0.2, 0.25) is 11.7 Å². The maximum Gasteiger partial charge on any atom is 0.475 e. The van der Waals surface area contributed by atoms with Crippen LogP contribution in [-0.2, 0) is 43.8 Å². The first kappa shape index (κ1) is 23.7. The van der Waals surface area contributed by atoms with E-state index in [9.17, 15) is 23.3 Å². The summed E-state index contributed by atoms with van der Waals surface area (Å²) in [5, 5.41) is 0. The molecule has 2 saturated heterocycles. The van der Waals surface area contributed by atoms with Gasteiger partial charge < -0.3 is 9.47 Å². The van der Waals surface area contributed by atoms with Crippen LogP contribution in [0, 0.1) is 0 Å². The highest BCUT2D eigenvalue weighted by atomic mass is 31.2. The molecule has 1 amide bonds. The molecule has 3 aliphatic rings. The van der Waals surface area contributed by atoms with Crippen molar-refractivity contribution in [3.8, 4) is 0 Å². The summed E-state index contributed by atoms with van der Waals surface area (Å²) in [7, 11) is -4.00. The summed E-state index contributed by atoms with van der Waals surface area (Å²) in [6.07, 6.45) is -1.30. The number of halogens is 1. The van der Waals surface area contributed by atoms with Crippen LogP contribution in [0.5, 0.6) is 0 Å². The summed E-state index contributed by atoms with van der Waals surface area (Å²) in [6.45, 7) is 1.79. The van der Waals surface area contributed by atoms with E-state index in [1.807, 2.05) is 6.92 Å². The Morgan fingerprint density at radius 2 is 2.06 bits per heavy atom. The van der Waals surface area contributed by atoms with Gasteiger partial charge in [0.15, 0.2) is 5.83 Å². The van der Waals surface area contributed by atoms with Gasteiger partial charge in [0.25, 0.3) is 0 Å². The van der Waals surface area contributed by atoms with Crippen molar-refractivity contribution >= 4 is 25.5 Å². The number of phosphoric ester groups is 1. The SMILES string of the molecule is CCCOC(=O)c1ccccc1COP1(=O)OC[C@H]2O[C@@H](N3C=C(F)C(=O)CC3=O)C[C@@H]2O1. The van der Waals surface area contributed by atoms with Gasteiger partial charge in [-0.25, -0.2) is 13.8 Å². The molecule has 0 bridgehead atoms. The lowest BCUT2D eigenvalue weighted by atomic mass is 10.1. The number of ether oxygens (including phenoxy) is 2. The third-order valence-electron chi connectivity index (χ3n) is 5.32. The Bertz CT molecular complexity index is 1030. The predicted molar refractivity (Wildman–Crippen MR) is 109 cm³/mol. The number of fused-ring (bicyclic) bond motifs is 1. The summed E-state index contributed by atoms with van der Waals surface area (Å²) in [5.41, 5.74) is 0.733. The van der Waals surface area contributed by atoms with Crippen LogP contribution in [0.1, 0.15) is 42.1 Å². The van der Waals surface area contributed by atoms with E-state index in [-0.39, 0.29) is 31.8 Å². The first-order valence-electron chi connectivity index (χ1n) is 10.5. The van der Waals surface area contributed by atoms with Crippen molar-refractivity contribution in [1.29, 1.82) is 0 Å². The average Bonchev–Trinajstić information content (AvgIpc) is 3.21. The van der Waals surface area contributed by atoms with E-state index in [1.165, 1.54) is 0 Å². The number of carbonyl (C=O) groups excluding carboxylic acids is 3. The van der Waals surface area contributed by atoms with E-state index in [0.29, 0.717) is 12.0 Å². The summed E-state index contributed by atoms with van der Waals surface area (Å²) in [5.74, 6) is -3.03. The van der Waals surface area contributed by atoms with E-state index < -0.39 is 56.2 Å². The molecule has 3 heterocycles. The molecule has 10 nitrogen and oxygen atoms in total. The zero-order valence-electron chi connectivity index (χ0n) is 17.8. The van der Waals surface area contributed by atoms with Gasteiger partial charge >= 0.3 is 13.8 Å². The maximum absolute atomic E-state index is 13.7. The third-order valence-corrected chi connectivity index (χ3v) is 6.76. The van der Waals surface area contributed by atoms with Gasteiger partial charge in [0.05, 0.1) is 31.8 Å². The van der Waals surface area contributed by atoms with E-state index in [0.717, 1.165) is 11.1 Å². The fraction of sp³-hybridized carbons (Fsp3) is 0.476. The largest absolute Gasteiger partial charge is 0.475 e. The summed E-state index contributed by atoms with van der Waals surface area (Å²) in [4.78, 5) is 36.7. The summed E-state index contributed by atoms with van der Waals surface area (Å²) in [6, 6.07) is 6.59. The Labute approximate surface area is 189 Å². The molecule has 0 aliphatic carbocycles. The molecule has 4 rings (SSSR count). The Hall–Kier alpha value is -2.43. The predicted octanol–water partition coefficient (Wildman–Crippen LogP) is 3.02. The lowest BCUT2D eigenvalue weighted by Crippen LogP contribution is -2.40. The minimum atomic E-state index is -4.00. The molecule has 1 unspecified atom stereocenters. The topological polar surface area (TPSA) is 118 Å². The molecule has 33 heavy (non-hydrogen) atoms. The highest BCUT2D eigenvalue weighted by Gasteiger charge is 2.49. The number of amides is 1. The molecule has 0 saturated carbocycles. The average molecular weight is 483 g/mol. The standard InChI is InChI=1S/C21H23FNO9P/c1-2-7-28-21(26)14-6-4-3-5-13(14)11-29-33(27)30-12-18-17(32-33)9-20(31-18)23-10-15(22)16(24)8-19(23)25/h3-6,10,17-18,20H,2,7-9,11-12H2,1H3/t17-,18+,20+,33?/m0/s1. The number of benzene rings is 1. The molecular weight excluding hydrogens is 460 g/mol. The number of rotatable bonds is 7. The number of esters is 1. The lowest BCUT2D eigenvalue weighted by Gasteiger charge is -2.30. The molecule has 0 spiro atoms. The minimum absolute atomic E-state index is 0.0883. The Balaban J connectivity index is 1.39. The minimum Gasteiger partial charge on any atom is -0.462 e. The molecule has 2 fully saturated rings. The van der Waals surface area contributed by atoms with Gasteiger partial charge in [0.1, 0.15) is 18.4 Å². The van der Waals surface area contributed by atoms with Crippen LogP contribution in [0.25, 0.3) is 0 Å². The number of ketones is 1. The molecule has 0 aromatic heterocycles. The van der Waals surface area contributed by atoms with Crippen molar-refractivity contribution in [2.24, 2.45) is 0 Å². The molecule has 1 aromatic rings. The fourth-order valence-corrected chi connectivity index (χ4v) is 5.03. The second-order valence-electron chi connectivity index (χ2n) is 7.70. The van der Waals surface area contributed by atoms with Crippen LogP contribution < -0.4 is 0 Å². The van der Waals surface area contributed by atoms with Gasteiger partial charge in [0, 0.05) is 12.6 Å². The summed E-state index contributed by atoms with van der Waals surface area (Å²) >= 11 is 0. The Morgan fingerprint density at radius 1 is 1.27 bits per heavy atom. The first-order chi connectivity index (χ1) is 15.8. The van der Waals surface area contributed by atoms with Crippen molar-refractivity contribution in [3.05, 3.63) is 47.4 Å². The maximum atomic E-state index is 13.7. The fourth-order valence-electron chi connectivity index (χ4n) is 3.65. The third kappa shape index (κ3) is 5.23. The van der Waals surface area contributed by atoms with Crippen LogP contribution in [0.3, 0.4) is 0 Å². The van der Waals surface area contributed by atoms with Crippen LogP contribution in [0.2, 0.25) is 0 Å². The molecule has 178 valence electrons. The molecule has 1 aromatic carbocycles. The monoisotopic (exact) mass is 483 g/mol. The number of Topliss-reactive ketones (excluding diaryl/α,β-unsaturated/α-hetero) is 1. The van der Waals surface area contributed by atoms with E-state index in [2.05, 4.69) is 0 Å². The zero-order valence-corrected chi connectivity index (χ0v) is 18.7.